The molecule has 0 radical (unpaired) electrons. The van der Waals surface area contributed by atoms with Gasteiger partial charge in [-0.25, -0.2) is 0 Å². The van der Waals surface area contributed by atoms with E-state index in [-0.39, 0.29) is 0 Å². The molecule has 5 rings (SSSR count). The van der Waals surface area contributed by atoms with Crippen LogP contribution >= 0.6 is 0 Å². The van der Waals surface area contributed by atoms with E-state index >= 15 is 0 Å². The molecule has 3 N–H and O–H groups in total. The average molecular weight is 478 g/mol. The van der Waals surface area contributed by atoms with Crippen molar-refractivity contribution in [3.8, 4) is 22.9 Å². The van der Waals surface area contributed by atoms with Gasteiger partial charge in [-0.1, -0.05) is 0 Å². The number of carbonyl (C=O) groups excluding carboxylic acids is 1. The zero-order chi connectivity index (χ0) is 24.4. The van der Waals surface area contributed by atoms with Crippen LogP contribution in [0.3, 0.4) is 0 Å². The maximum absolute atomic E-state index is 12.1. The Balaban J connectivity index is 1.41. The highest BCUT2D eigenvalue weighted by atomic mass is 16.5. The smallest absolute Gasteiger partial charge is 0.248 e. The van der Waals surface area contributed by atoms with Crippen LogP contribution in [0.4, 0.5) is 0 Å². The first-order valence-corrected chi connectivity index (χ1v) is 12.1. The Kier molecular flexibility index (Phi) is 6.60. The van der Waals surface area contributed by atoms with E-state index in [1.807, 2.05) is 41.5 Å². The second-order valence-electron chi connectivity index (χ2n) is 8.86. The molecule has 0 bridgehead atoms. The largest absolute Gasteiger partial charge is 0.379 e. The topological polar surface area (TPSA) is 133 Å². The Labute approximate surface area is 203 Å². The fourth-order valence-electron chi connectivity index (χ4n) is 4.59. The molecular formula is C24H31N9O2. The molecule has 1 fully saturated rings. The van der Waals surface area contributed by atoms with Crippen molar-refractivity contribution < 1.29 is 9.53 Å². The molecular weight excluding hydrogens is 446 g/mol. The third-order valence-electron chi connectivity index (χ3n) is 6.43. The third-order valence-corrected chi connectivity index (χ3v) is 6.43. The maximum atomic E-state index is 12.1. The summed E-state index contributed by atoms with van der Waals surface area (Å²) in [5.74, 6) is 0.685. The molecule has 1 amide bonds. The number of nitrogens with zero attached hydrogens (tertiary/aromatic N) is 7. The van der Waals surface area contributed by atoms with Crippen molar-refractivity contribution in [1.82, 2.24) is 39.6 Å². The summed E-state index contributed by atoms with van der Waals surface area (Å²) >= 11 is 0. The van der Waals surface area contributed by atoms with Gasteiger partial charge in [0, 0.05) is 42.7 Å². The van der Waals surface area contributed by atoms with Gasteiger partial charge in [0.1, 0.15) is 5.69 Å². The number of aromatic amines is 1. The molecule has 0 spiro atoms. The third kappa shape index (κ3) is 4.82. The SMILES string of the molecule is CCn1nc(C)cc1-c1nnc(-c2cc(C(N)=O)cc3c2cnn3CCCCN2CCOCC2)[nH]1. The molecule has 35 heavy (non-hydrogen) atoms. The predicted molar refractivity (Wildman–Crippen MR) is 132 cm³/mol. The van der Waals surface area contributed by atoms with Crippen LogP contribution < -0.4 is 5.73 Å². The number of nitrogens with one attached hydrogen (secondary N) is 1. The standard InChI is InChI=1S/C24H31N9O2/c1-3-32-21(12-16(2)30-32)24-27-23(28-29-24)18-13-17(22(25)34)14-20-19(18)15-26-33(20)7-5-4-6-31-8-10-35-11-9-31/h12-15H,3-11H2,1-2H3,(H2,25,34)(H,27,28,29). The van der Waals surface area contributed by atoms with E-state index in [4.69, 9.17) is 10.5 Å². The van der Waals surface area contributed by atoms with Crippen LogP contribution in [-0.2, 0) is 17.8 Å². The molecule has 0 saturated carbocycles. The average Bonchev–Trinajstić information content (AvgIpc) is 3.60. The molecule has 0 aliphatic carbocycles. The Morgan fingerprint density at radius 2 is 1.86 bits per heavy atom. The monoisotopic (exact) mass is 477 g/mol. The van der Waals surface area contributed by atoms with Crippen molar-refractivity contribution in [1.29, 1.82) is 0 Å². The van der Waals surface area contributed by atoms with Gasteiger partial charge in [0.15, 0.2) is 11.6 Å². The quantitative estimate of drug-likeness (QED) is 0.353. The summed E-state index contributed by atoms with van der Waals surface area (Å²) in [6.07, 6.45) is 3.87. The van der Waals surface area contributed by atoms with Crippen LogP contribution in [0.5, 0.6) is 0 Å². The van der Waals surface area contributed by atoms with Gasteiger partial charge >= 0.3 is 0 Å². The molecule has 4 aromatic rings. The number of hydrogen-bond acceptors (Lipinski definition) is 7. The van der Waals surface area contributed by atoms with E-state index in [1.165, 1.54) is 0 Å². The molecule has 0 unspecified atom stereocenters. The van der Waals surface area contributed by atoms with Gasteiger partial charge in [0.05, 0.1) is 30.6 Å². The second-order valence-corrected chi connectivity index (χ2v) is 8.86. The highest BCUT2D eigenvalue weighted by Gasteiger charge is 2.18. The molecule has 1 aromatic carbocycles. The van der Waals surface area contributed by atoms with Crippen molar-refractivity contribution >= 4 is 16.8 Å². The summed E-state index contributed by atoms with van der Waals surface area (Å²) in [5, 5.41) is 18.7. The van der Waals surface area contributed by atoms with Gasteiger partial charge in [-0.15, -0.1) is 10.2 Å². The summed E-state index contributed by atoms with van der Waals surface area (Å²) in [5.41, 5.74) is 9.46. The minimum atomic E-state index is -0.493. The Bertz CT molecular complexity index is 1330. The van der Waals surface area contributed by atoms with Crippen LogP contribution in [0, 0.1) is 6.92 Å². The number of carbonyl (C=O) groups is 1. The second kappa shape index (κ2) is 9.96. The van der Waals surface area contributed by atoms with Gasteiger partial charge in [-0.3, -0.25) is 19.1 Å². The van der Waals surface area contributed by atoms with Gasteiger partial charge in [0.25, 0.3) is 0 Å². The predicted octanol–water partition coefficient (Wildman–Crippen LogP) is 2.22. The first-order chi connectivity index (χ1) is 17.0. The maximum Gasteiger partial charge on any atom is 0.248 e. The number of H-pyrrole nitrogens is 1. The van der Waals surface area contributed by atoms with E-state index in [1.54, 1.807) is 6.07 Å². The molecule has 3 aromatic heterocycles. The van der Waals surface area contributed by atoms with E-state index in [2.05, 4.69) is 30.3 Å². The number of amides is 1. The normalized spacial score (nSPS) is 14.7. The lowest BCUT2D eigenvalue weighted by Crippen LogP contribution is -2.36. The van der Waals surface area contributed by atoms with Crippen molar-refractivity contribution in [2.75, 3.05) is 32.8 Å². The number of morpholine rings is 1. The first kappa shape index (κ1) is 23.2. The fourth-order valence-corrected chi connectivity index (χ4v) is 4.59. The Morgan fingerprint density at radius 3 is 2.63 bits per heavy atom. The number of fused-ring (bicyclic) bond motifs is 1. The first-order valence-electron chi connectivity index (χ1n) is 12.1. The number of rotatable bonds is 9. The summed E-state index contributed by atoms with van der Waals surface area (Å²) in [6, 6.07) is 5.53. The van der Waals surface area contributed by atoms with Crippen LogP contribution in [0.2, 0.25) is 0 Å². The number of hydrogen-bond donors (Lipinski definition) is 2. The minimum Gasteiger partial charge on any atom is -0.379 e. The van der Waals surface area contributed by atoms with E-state index < -0.39 is 5.91 Å². The molecule has 4 heterocycles. The lowest BCUT2D eigenvalue weighted by molar-refractivity contribution is 0.0370. The van der Waals surface area contributed by atoms with Gasteiger partial charge < -0.3 is 15.5 Å². The zero-order valence-corrected chi connectivity index (χ0v) is 20.2. The lowest BCUT2D eigenvalue weighted by atomic mass is 10.0. The fraction of sp³-hybridized carbons (Fsp3) is 0.458. The molecule has 1 saturated heterocycles. The number of ether oxygens (including phenoxy) is 1. The van der Waals surface area contributed by atoms with Crippen molar-refractivity contribution in [2.24, 2.45) is 5.73 Å². The summed E-state index contributed by atoms with van der Waals surface area (Å²) in [7, 11) is 0. The molecule has 11 nitrogen and oxygen atoms in total. The number of benzene rings is 1. The molecule has 0 atom stereocenters. The molecule has 1 aliphatic heterocycles. The summed E-state index contributed by atoms with van der Waals surface area (Å²) in [6.45, 7) is 10.1. The van der Waals surface area contributed by atoms with Crippen molar-refractivity contribution in [3.05, 3.63) is 35.7 Å². The van der Waals surface area contributed by atoms with Gasteiger partial charge in [-0.2, -0.15) is 10.2 Å². The van der Waals surface area contributed by atoms with Crippen LogP contribution in [0.25, 0.3) is 33.8 Å². The Hall–Kier alpha value is -3.57. The number of aryl methyl sites for hydroxylation is 3. The highest BCUT2D eigenvalue weighted by molar-refractivity contribution is 6.02. The van der Waals surface area contributed by atoms with E-state index in [0.29, 0.717) is 17.2 Å². The molecule has 1 aliphatic rings. The summed E-state index contributed by atoms with van der Waals surface area (Å²) in [4.78, 5) is 17.9. The summed E-state index contributed by atoms with van der Waals surface area (Å²) < 4.78 is 9.24. The molecule has 11 heteroatoms. The van der Waals surface area contributed by atoms with E-state index in [0.717, 1.165) is 86.6 Å². The lowest BCUT2D eigenvalue weighted by Gasteiger charge is -2.26. The highest BCUT2D eigenvalue weighted by Crippen LogP contribution is 2.30. The van der Waals surface area contributed by atoms with Crippen molar-refractivity contribution in [2.45, 2.75) is 39.8 Å². The zero-order valence-electron chi connectivity index (χ0n) is 20.2. The van der Waals surface area contributed by atoms with Gasteiger partial charge in [0.2, 0.25) is 5.91 Å². The number of unbranched alkanes of at least 4 members (excludes halogenated alkanes) is 1. The van der Waals surface area contributed by atoms with Crippen LogP contribution in [-0.4, -0.2) is 78.4 Å². The minimum absolute atomic E-state index is 0.412. The van der Waals surface area contributed by atoms with Crippen molar-refractivity contribution in [3.63, 3.8) is 0 Å². The van der Waals surface area contributed by atoms with E-state index in [9.17, 15) is 4.79 Å². The van der Waals surface area contributed by atoms with Crippen LogP contribution in [0.1, 0.15) is 35.8 Å². The number of primary amides is 1. The van der Waals surface area contributed by atoms with Crippen LogP contribution in [0.15, 0.2) is 24.4 Å². The Morgan fingerprint density at radius 1 is 1.09 bits per heavy atom. The van der Waals surface area contributed by atoms with Gasteiger partial charge in [-0.05, 0) is 51.4 Å². The number of aromatic nitrogens is 7. The number of nitrogens with two attached hydrogens (primary N) is 1. The molecule has 184 valence electrons.